The topological polar surface area (TPSA) is 55.8 Å². The van der Waals surface area contributed by atoms with Gasteiger partial charge < -0.3 is 14.4 Å². The molecule has 0 aliphatic heterocycles. The van der Waals surface area contributed by atoms with Crippen molar-refractivity contribution in [3.8, 4) is 0 Å². The molecule has 1 aromatic rings. The molecule has 1 atom stereocenters. The van der Waals surface area contributed by atoms with Gasteiger partial charge in [-0.25, -0.2) is 0 Å². The van der Waals surface area contributed by atoms with Crippen LogP contribution in [-0.2, 0) is 19.1 Å². The van der Waals surface area contributed by atoms with E-state index in [1.54, 1.807) is 4.90 Å². The zero-order valence-electron chi connectivity index (χ0n) is 11.5. The van der Waals surface area contributed by atoms with Crippen molar-refractivity contribution in [3.05, 3.63) is 30.3 Å². The van der Waals surface area contributed by atoms with E-state index in [2.05, 4.69) is 0 Å². The van der Waals surface area contributed by atoms with Gasteiger partial charge in [-0.15, -0.1) is 0 Å². The summed E-state index contributed by atoms with van der Waals surface area (Å²) < 4.78 is 10.1. The van der Waals surface area contributed by atoms with E-state index in [4.69, 9.17) is 9.47 Å². The van der Waals surface area contributed by atoms with Crippen molar-refractivity contribution in [2.45, 2.75) is 20.0 Å². The predicted molar refractivity (Wildman–Crippen MR) is 71.9 cm³/mol. The van der Waals surface area contributed by atoms with Crippen LogP contribution in [0.5, 0.6) is 0 Å². The molecule has 0 spiro atoms. The minimum absolute atomic E-state index is 0.112. The molecule has 0 saturated heterocycles. The van der Waals surface area contributed by atoms with E-state index >= 15 is 0 Å². The Balaban J connectivity index is 2.82. The van der Waals surface area contributed by atoms with Crippen molar-refractivity contribution in [1.82, 2.24) is 0 Å². The highest BCUT2D eigenvalue weighted by Gasteiger charge is 2.20. The first-order valence-electron chi connectivity index (χ1n) is 6.04. The number of ether oxygens (including phenoxy) is 2. The summed E-state index contributed by atoms with van der Waals surface area (Å²) in [4.78, 5) is 24.3. The number of hydrogen-bond acceptors (Lipinski definition) is 4. The Hall–Kier alpha value is -1.88. The van der Waals surface area contributed by atoms with Gasteiger partial charge in [-0.2, -0.15) is 0 Å². The van der Waals surface area contributed by atoms with Gasteiger partial charge in [-0.3, -0.25) is 9.59 Å². The minimum atomic E-state index is -0.480. The fourth-order valence-corrected chi connectivity index (χ4v) is 1.77. The van der Waals surface area contributed by atoms with Crippen LogP contribution in [0.4, 0.5) is 5.69 Å². The van der Waals surface area contributed by atoms with Crippen LogP contribution in [0.15, 0.2) is 30.3 Å². The molecule has 1 unspecified atom stereocenters. The summed E-state index contributed by atoms with van der Waals surface area (Å²) in [7, 11) is 1.52. The Kier molecular flexibility index (Phi) is 6.02. The molecule has 1 rings (SSSR count). The van der Waals surface area contributed by atoms with Gasteiger partial charge in [0.15, 0.2) is 0 Å². The Morgan fingerprint density at radius 2 is 1.84 bits per heavy atom. The molecular weight excluding hydrogens is 246 g/mol. The van der Waals surface area contributed by atoms with Gasteiger partial charge >= 0.3 is 5.97 Å². The fraction of sp³-hybridized carbons (Fsp3) is 0.429. The lowest BCUT2D eigenvalue weighted by Gasteiger charge is -2.26. The zero-order chi connectivity index (χ0) is 14.3. The van der Waals surface area contributed by atoms with Crippen molar-refractivity contribution in [2.75, 3.05) is 25.2 Å². The van der Waals surface area contributed by atoms with Crippen LogP contribution in [0.3, 0.4) is 0 Å². The number of carbonyl (C=O) groups excluding carboxylic acids is 2. The number of hydrogen-bond donors (Lipinski definition) is 0. The van der Waals surface area contributed by atoms with Crippen LogP contribution in [-0.4, -0.2) is 38.2 Å². The highest BCUT2D eigenvalue weighted by molar-refractivity contribution is 5.91. The molecule has 1 amide bonds. The Labute approximate surface area is 113 Å². The summed E-state index contributed by atoms with van der Waals surface area (Å²) in [5.74, 6) is -0.502. The number of amides is 1. The second-order valence-electron chi connectivity index (χ2n) is 4.15. The van der Waals surface area contributed by atoms with E-state index in [9.17, 15) is 9.59 Å². The maximum atomic E-state index is 11.7. The number of anilines is 1. The van der Waals surface area contributed by atoms with Crippen LogP contribution in [0.2, 0.25) is 0 Å². The number of nitrogens with zero attached hydrogens (tertiary/aromatic N) is 1. The lowest BCUT2D eigenvalue weighted by molar-refractivity contribution is -0.148. The van der Waals surface area contributed by atoms with Gasteiger partial charge in [-0.05, 0) is 12.1 Å². The first kappa shape index (κ1) is 15.2. The SMILES string of the molecule is COCC(CN(C(C)=O)c1ccccc1)OC(C)=O. The third-order valence-electron chi connectivity index (χ3n) is 2.52. The molecule has 0 aliphatic carbocycles. The van der Waals surface area contributed by atoms with Gasteiger partial charge in [0, 0.05) is 26.6 Å². The number of methoxy groups -OCH3 is 1. The summed E-state index contributed by atoms with van der Waals surface area (Å²) in [6, 6.07) is 9.24. The molecule has 0 bridgehead atoms. The molecule has 0 aromatic heterocycles. The minimum Gasteiger partial charge on any atom is -0.458 e. The first-order valence-corrected chi connectivity index (χ1v) is 6.04. The van der Waals surface area contributed by atoms with Crippen molar-refractivity contribution in [3.63, 3.8) is 0 Å². The zero-order valence-corrected chi connectivity index (χ0v) is 11.5. The largest absolute Gasteiger partial charge is 0.458 e. The van der Waals surface area contributed by atoms with Gasteiger partial charge in [-0.1, -0.05) is 18.2 Å². The van der Waals surface area contributed by atoms with Gasteiger partial charge in [0.25, 0.3) is 0 Å². The quantitative estimate of drug-likeness (QED) is 0.733. The number of carbonyl (C=O) groups is 2. The number of rotatable bonds is 6. The number of esters is 1. The van der Waals surface area contributed by atoms with Crippen LogP contribution in [0, 0.1) is 0 Å². The summed E-state index contributed by atoms with van der Waals surface area (Å²) in [6.45, 7) is 3.33. The molecule has 5 heteroatoms. The normalized spacial score (nSPS) is 11.7. The fourth-order valence-electron chi connectivity index (χ4n) is 1.77. The van der Waals surface area contributed by atoms with Crippen molar-refractivity contribution in [1.29, 1.82) is 0 Å². The van der Waals surface area contributed by atoms with E-state index in [0.717, 1.165) is 5.69 Å². The highest BCUT2D eigenvalue weighted by atomic mass is 16.6. The summed E-state index contributed by atoms with van der Waals surface area (Å²) in [5.41, 5.74) is 0.767. The van der Waals surface area contributed by atoms with E-state index in [1.807, 2.05) is 30.3 Å². The molecule has 0 heterocycles. The van der Waals surface area contributed by atoms with Crippen molar-refractivity contribution in [2.24, 2.45) is 0 Å². The van der Waals surface area contributed by atoms with Crippen LogP contribution < -0.4 is 4.90 Å². The Bertz CT molecular complexity index is 419. The summed E-state index contributed by atoms with van der Waals surface area (Å²) in [6.07, 6.45) is -0.480. The molecule has 0 saturated carbocycles. The summed E-state index contributed by atoms with van der Waals surface area (Å²) >= 11 is 0. The Morgan fingerprint density at radius 3 is 2.32 bits per heavy atom. The van der Waals surface area contributed by atoms with Gasteiger partial charge in [0.2, 0.25) is 5.91 Å². The third kappa shape index (κ3) is 5.09. The smallest absolute Gasteiger partial charge is 0.303 e. The molecule has 5 nitrogen and oxygen atoms in total. The first-order chi connectivity index (χ1) is 9.04. The van der Waals surface area contributed by atoms with Crippen molar-refractivity contribution >= 4 is 17.6 Å². The molecule has 0 N–H and O–H groups in total. The molecule has 0 aliphatic rings. The summed E-state index contributed by atoms with van der Waals surface area (Å²) in [5, 5.41) is 0. The maximum absolute atomic E-state index is 11.7. The molecule has 19 heavy (non-hydrogen) atoms. The van der Waals surface area contributed by atoms with Crippen LogP contribution in [0.1, 0.15) is 13.8 Å². The molecular formula is C14H19NO4. The third-order valence-corrected chi connectivity index (χ3v) is 2.52. The molecule has 0 radical (unpaired) electrons. The Morgan fingerprint density at radius 1 is 1.21 bits per heavy atom. The molecule has 1 aromatic carbocycles. The highest BCUT2D eigenvalue weighted by Crippen LogP contribution is 2.14. The van der Waals surface area contributed by atoms with Crippen LogP contribution >= 0.6 is 0 Å². The molecule has 104 valence electrons. The monoisotopic (exact) mass is 265 g/mol. The van der Waals surface area contributed by atoms with E-state index < -0.39 is 12.1 Å². The standard InChI is InChI=1S/C14H19NO4/c1-11(16)15(13-7-5-4-6-8-13)9-14(10-18-3)19-12(2)17/h4-8,14H,9-10H2,1-3H3. The number of benzene rings is 1. The van der Waals surface area contributed by atoms with Gasteiger partial charge in [0.1, 0.15) is 6.10 Å². The lowest BCUT2D eigenvalue weighted by Crippen LogP contribution is -2.40. The van der Waals surface area contributed by atoms with E-state index in [1.165, 1.54) is 21.0 Å². The van der Waals surface area contributed by atoms with E-state index in [0.29, 0.717) is 0 Å². The van der Waals surface area contributed by atoms with Crippen LogP contribution in [0.25, 0.3) is 0 Å². The average Bonchev–Trinajstić information content (AvgIpc) is 2.36. The van der Waals surface area contributed by atoms with Crippen molar-refractivity contribution < 1.29 is 19.1 Å². The number of para-hydroxylation sites is 1. The average molecular weight is 265 g/mol. The second kappa shape index (κ2) is 7.53. The van der Waals surface area contributed by atoms with E-state index in [-0.39, 0.29) is 19.1 Å². The maximum Gasteiger partial charge on any atom is 0.303 e. The lowest BCUT2D eigenvalue weighted by atomic mass is 10.2. The predicted octanol–water partition coefficient (Wildman–Crippen LogP) is 1.62. The molecule has 0 fully saturated rings. The van der Waals surface area contributed by atoms with Gasteiger partial charge in [0.05, 0.1) is 13.2 Å². The second-order valence-corrected chi connectivity index (χ2v) is 4.15.